The van der Waals surface area contributed by atoms with E-state index >= 15 is 0 Å². The molecule has 3 nitrogen and oxygen atoms in total. The summed E-state index contributed by atoms with van der Waals surface area (Å²) in [6.07, 6.45) is 21.7. The van der Waals surface area contributed by atoms with Gasteiger partial charge in [-0.25, -0.2) is 0 Å². The number of rotatable bonds is 7. The van der Waals surface area contributed by atoms with E-state index in [1.54, 1.807) is 0 Å². The van der Waals surface area contributed by atoms with Crippen molar-refractivity contribution in [1.29, 1.82) is 0 Å². The van der Waals surface area contributed by atoms with Crippen LogP contribution in [-0.2, 0) is 0 Å². The number of hydrogen-bond acceptors (Lipinski definition) is 2. The maximum atomic E-state index is 4.11. The molecule has 1 aromatic carbocycles. The third-order valence-electron chi connectivity index (χ3n) is 4.44. The molecule has 0 spiro atoms. The van der Waals surface area contributed by atoms with Crippen molar-refractivity contribution in [3.05, 3.63) is 115 Å². The van der Waals surface area contributed by atoms with E-state index < -0.39 is 0 Å². The van der Waals surface area contributed by atoms with Crippen molar-refractivity contribution in [3.8, 4) is 0 Å². The van der Waals surface area contributed by atoms with E-state index in [0.29, 0.717) is 0 Å². The first-order valence-electron chi connectivity index (χ1n) is 11.1. The first kappa shape index (κ1) is 25.7. The van der Waals surface area contributed by atoms with Crippen molar-refractivity contribution in [2.45, 2.75) is 34.1 Å². The van der Waals surface area contributed by atoms with Gasteiger partial charge in [-0.1, -0.05) is 107 Å². The average molecular weight is 416 g/mol. The lowest BCUT2D eigenvalue weighted by atomic mass is 10.1. The first-order chi connectivity index (χ1) is 15.2. The van der Waals surface area contributed by atoms with Gasteiger partial charge < -0.3 is 4.90 Å². The fourth-order valence-corrected chi connectivity index (χ4v) is 2.85. The summed E-state index contributed by atoms with van der Waals surface area (Å²) in [6.45, 7) is 13.0. The molecule has 1 heterocycles. The third-order valence-corrected chi connectivity index (χ3v) is 4.44. The lowest BCUT2D eigenvalue weighted by molar-refractivity contribution is 0.478. The van der Waals surface area contributed by atoms with Crippen LogP contribution in [0.5, 0.6) is 0 Å². The quantitative estimate of drug-likeness (QED) is 0.476. The predicted molar refractivity (Wildman–Crippen MR) is 137 cm³/mol. The molecule has 31 heavy (non-hydrogen) atoms. The minimum Gasteiger partial charge on any atom is -0.371 e. The minimum atomic E-state index is 0.847. The largest absolute Gasteiger partial charge is 0.371 e. The Labute approximate surface area is 188 Å². The van der Waals surface area contributed by atoms with Gasteiger partial charge in [0, 0.05) is 31.0 Å². The molecule has 0 atom stereocenters. The summed E-state index contributed by atoms with van der Waals surface area (Å²) in [5.74, 6) is 0. The number of aromatic amines is 1. The van der Waals surface area contributed by atoms with E-state index in [-0.39, 0.29) is 0 Å². The van der Waals surface area contributed by atoms with Crippen LogP contribution in [0.2, 0.25) is 0 Å². The van der Waals surface area contributed by atoms with Crippen LogP contribution < -0.4 is 0 Å². The van der Waals surface area contributed by atoms with Crippen LogP contribution in [0.1, 0.15) is 45.2 Å². The Hall–Kier alpha value is -3.33. The smallest absolute Gasteiger partial charge is 0.0565 e. The van der Waals surface area contributed by atoms with Crippen LogP contribution in [0, 0.1) is 0 Å². The molecule has 0 aliphatic heterocycles. The summed E-state index contributed by atoms with van der Waals surface area (Å²) in [4.78, 5) is 2.24. The molecule has 0 saturated heterocycles. The van der Waals surface area contributed by atoms with Crippen molar-refractivity contribution < 1.29 is 0 Å². The standard InChI is InChI=1S/C24H25N3.2C2H6/c1-20(21-11-6-3-7-12-21)10-5-4-8-17-27(2)24-14-9-13-22(15-16-24)23-18-25-26-19-23;2*1-2/h3-8,10-16,18-19H,1,9,17H2,2H3,(H,25,26);2*1-2H3/b8-4-,10-5-;;. The fourth-order valence-electron chi connectivity index (χ4n) is 2.85. The SMILES string of the molecule is C=C(/C=C\C=C/CN(C)C1=CCC=C(c2cn[nH]c2)C=C1)c1ccccc1.CC.CC. The number of allylic oxidation sites excluding steroid dienone is 9. The first-order valence-corrected chi connectivity index (χ1v) is 11.1. The van der Waals surface area contributed by atoms with Crippen LogP contribution in [-0.4, -0.2) is 28.7 Å². The van der Waals surface area contributed by atoms with Crippen LogP contribution in [0.3, 0.4) is 0 Å². The molecule has 1 aliphatic rings. The Balaban J connectivity index is 0.00000113. The second-order valence-corrected chi connectivity index (χ2v) is 6.40. The number of nitrogens with one attached hydrogen (secondary N) is 1. The molecule has 0 bridgehead atoms. The maximum Gasteiger partial charge on any atom is 0.0565 e. The monoisotopic (exact) mass is 415 g/mol. The molecule has 164 valence electrons. The van der Waals surface area contributed by atoms with Crippen LogP contribution >= 0.6 is 0 Å². The van der Waals surface area contributed by atoms with Crippen molar-refractivity contribution in [1.82, 2.24) is 15.1 Å². The molecule has 0 unspecified atom stereocenters. The summed E-state index contributed by atoms with van der Waals surface area (Å²) in [5, 5.41) is 6.89. The summed E-state index contributed by atoms with van der Waals surface area (Å²) in [6, 6.07) is 10.2. The lowest BCUT2D eigenvalue weighted by Crippen LogP contribution is -2.16. The Morgan fingerprint density at radius 1 is 1.06 bits per heavy atom. The van der Waals surface area contributed by atoms with Crippen LogP contribution in [0.25, 0.3) is 11.1 Å². The molecule has 1 aromatic heterocycles. The van der Waals surface area contributed by atoms with Gasteiger partial charge in [0.15, 0.2) is 0 Å². The Morgan fingerprint density at radius 2 is 1.81 bits per heavy atom. The molecule has 1 aliphatic carbocycles. The maximum absolute atomic E-state index is 4.11. The molecule has 3 heteroatoms. The lowest BCUT2D eigenvalue weighted by Gasteiger charge is -2.18. The highest BCUT2D eigenvalue weighted by atomic mass is 15.1. The molecule has 0 amide bonds. The summed E-state index contributed by atoms with van der Waals surface area (Å²) in [5.41, 5.74) is 5.69. The zero-order valence-electron chi connectivity index (χ0n) is 19.7. The van der Waals surface area contributed by atoms with Gasteiger partial charge in [0.2, 0.25) is 0 Å². The van der Waals surface area contributed by atoms with E-state index in [9.17, 15) is 0 Å². The summed E-state index contributed by atoms with van der Waals surface area (Å²) in [7, 11) is 2.11. The fraction of sp³-hybridized carbons (Fsp3) is 0.250. The van der Waals surface area contributed by atoms with Gasteiger partial charge in [0.25, 0.3) is 0 Å². The summed E-state index contributed by atoms with van der Waals surface area (Å²) < 4.78 is 0. The predicted octanol–water partition coefficient (Wildman–Crippen LogP) is 7.45. The number of H-pyrrole nitrogens is 1. The second kappa shape index (κ2) is 15.5. The Morgan fingerprint density at radius 3 is 2.48 bits per heavy atom. The summed E-state index contributed by atoms with van der Waals surface area (Å²) >= 11 is 0. The molecule has 3 rings (SSSR count). The van der Waals surface area contributed by atoms with E-state index in [4.69, 9.17) is 0 Å². The van der Waals surface area contributed by atoms with Crippen LogP contribution in [0.15, 0.2) is 104 Å². The molecular formula is C28H37N3. The van der Waals surface area contributed by atoms with E-state index in [1.807, 2.05) is 70.4 Å². The topological polar surface area (TPSA) is 31.9 Å². The molecule has 0 saturated carbocycles. The number of likely N-dealkylation sites (N-methyl/N-ethyl adjacent to an activating group) is 1. The Kier molecular flexibility index (Phi) is 12.9. The molecular weight excluding hydrogens is 378 g/mol. The zero-order valence-corrected chi connectivity index (χ0v) is 19.7. The number of hydrogen-bond donors (Lipinski definition) is 1. The van der Waals surface area contributed by atoms with E-state index in [1.165, 1.54) is 11.3 Å². The molecule has 2 aromatic rings. The highest BCUT2D eigenvalue weighted by molar-refractivity contribution is 5.74. The average Bonchev–Trinajstić information content (AvgIpc) is 3.26. The molecule has 0 fully saturated rings. The second-order valence-electron chi connectivity index (χ2n) is 6.40. The number of nitrogens with zero attached hydrogens (tertiary/aromatic N) is 2. The Bertz CT molecular complexity index is 895. The third kappa shape index (κ3) is 8.91. The highest BCUT2D eigenvalue weighted by Crippen LogP contribution is 2.20. The van der Waals surface area contributed by atoms with Gasteiger partial charge in [0.05, 0.1) is 6.20 Å². The van der Waals surface area contributed by atoms with Crippen molar-refractivity contribution >= 4 is 11.1 Å². The van der Waals surface area contributed by atoms with Gasteiger partial charge in [-0.3, -0.25) is 5.10 Å². The molecule has 0 radical (unpaired) electrons. The number of benzene rings is 1. The molecule has 1 N–H and O–H groups in total. The van der Waals surface area contributed by atoms with Crippen LogP contribution in [0.4, 0.5) is 0 Å². The van der Waals surface area contributed by atoms with Gasteiger partial charge in [0.1, 0.15) is 0 Å². The highest BCUT2D eigenvalue weighted by Gasteiger charge is 2.05. The van der Waals surface area contributed by atoms with Gasteiger partial charge >= 0.3 is 0 Å². The van der Waals surface area contributed by atoms with E-state index in [0.717, 1.165) is 29.7 Å². The van der Waals surface area contributed by atoms with Gasteiger partial charge in [-0.2, -0.15) is 5.10 Å². The number of aromatic nitrogens is 2. The van der Waals surface area contributed by atoms with E-state index in [2.05, 4.69) is 77.3 Å². The van der Waals surface area contributed by atoms with Gasteiger partial charge in [-0.05, 0) is 29.2 Å². The minimum absolute atomic E-state index is 0.847. The van der Waals surface area contributed by atoms with Crippen molar-refractivity contribution in [3.63, 3.8) is 0 Å². The normalized spacial score (nSPS) is 12.8. The van der Waals surface area contributed by atoms with Crippen molar-refractivity contribution in [2.75, 3.05) is 13.6 Å². The zero-order chi connectivity index (χ0) is 22.9. The van der Waals surface area contributed by atoms with Gasteiger partial charge in [-0.15, -0.1) is 0 Å². The van der Waals surface area contributed by atoms with Crippen molar-refractivity contribution in [2.24, 2.45) is 0 Å².